The van der Waals surface area contributed by atoms with E-state index in [-0.39, 0.29) is 34.0 Å². The van der Waals surface area contributed by atoms with Gasteiger partial charge in [0.25, 0.3) is 0 Å². The number of carbonyl (C=O) groups is 1. The lowest BCUT2D eigenvalue weighted by atomic mass is 9.78. The molecule has 0 aromatic heterocycles. The number of sulfone groups is 1. The number of phenolic OH excluding ortho intramolecular Hbond substituents is 1. The van der Waals surface area contributed by atoms with Crippen molar-refractivity contribution in [1.82, 2.24) is 5.43 Å². The lowest BCUT2D eigenvalue weighted by Crippen LogP contribution is -2.27. The highest BCUT2D eigenvalue weighted by Gasteiger charge is 2.33. The van der Waals surface area contributed by atoms with E-state index in [1.807, 2.05) is 53.7 Å². The summed E-state index contributed by atoms with van der Waals surface area (Å²) >= 11 is 0. The summed E-state index contributed by atoms with van der Waals surface area (Å²) in [5.41, 5.74) is 4.32. The SMILES string of the molecule is CC(C)(C)c1cc(/C=N/NC(=O)[C@@H]2CCS(=O)(=O)C2)cc(C(C)(C)C)c1O. The molecule has 1 saturated heterocycles. The van der Waals surface area contributed by atoms with E-state index >= 15 is 0 Å². The molecule has 150 valence electrons. The number of benzene rings is 1. The lowest BCUT2D eigenvalue weighted by molar-refractivity contribution is -0.124. The monoisotopic (exact) mass is 394 g/mol. The van der Waals surface area contributed by atoms with E-state index in [0.29, 0.717) is 6.42 Å². The first-order valence-corrected chi connectivity index (χ1v) is 10.9. The Labute approximate surface area is 162 Å². The molecule has 1 fully saturated rings. The van der Waals surface area contributed by atoms with Crippen LogP contribution in [0.25, 0.3) is 0 Å². The second kappa shape index (κ2) is 7.26. The average Bonchev–Trinajstić information content (AvgIpc) is 2.86. The standard InChI is InChI=1S/C20H30N2O4S/c1-19(2,3)15-9-13(10-16(17(15)23)20(4,5)6)11-21-22-18(24)14-7-8-27(25,26)12-14/h9-11,14,23H,7-8,12H2,1-6H3,(H,22,24)/b21-11+/t14-/m1/s1. The van der Waals surface area contributed by atoms with Crippen molar-refractivity contribution >= 4 is 22.0 Å². The summed E-state index contributed by atoms with van der Waals surface area (Å²) < 4.78 is 23.0. The van der Waals surface area contributed by atoms with Gasteiger partial charge >= 0.3 is 0 Å². The molecule has 1 aromatic carbocycles. The minimum atomic E-state index is -3.11. The van der Waals surface area contributed by atoms with Crippen LogP contribution < -0.4 is 5.43 Å². The summed E-state index contributed by atoms with van der Waals surface area (Å²) in [6.07, 6.45) is 1.87. The summed E-state index contributed by atoms with van der Waals surface area (Å²) in [7, 11) is -3.11. The van der Waals surface area contributed by atoms with Crippen molar-refractivity contribution in [3.8, 4) is 5.75 Å². The van der Waals surface area contributed by atoms with Gasteiger partial charge in [0.1, 0.15) is 5.75 Å². The Bertz CT molecular complexity index is 824. The maximum Gasteiger partial charge on any atom is 0.244 e. The molecule has 1 aliphatic rings. The quantitative estimate of drug-likeness (QED) is 0.609. The molecule has 2 N–H and O–H groups in total. The van der Waals surface area contributed by atoms with Crippen molar-refractivity contribution in [2.75, 3.05) is 11.5 Å². The number of amides is 1. The Hall–Kier alpha value is -1.89. The Kier molecular flexibility index (Phi) is 5.76. The average molecular weight is 395 g/mol. The number of rotatable bonds is 3. The number of hydrogen-bond donors (Lipinski definition) is 2. The summed E-state index contributed by atoms with van der Waals surface area (Å²) in [5, 5.41) is 14.7. The van der Waals surface area contributed by atoms with Gasteiger partial charge in [0.05, 0.1) is 23.6 Å². The second-order valence-corrected chi connectivity index (χ2v) is 11.5. The van der Waals surface area contributed by atoms with Crippen molar-refractivity contribution in [1.29, 1.82) is 0 Å². The van der Waals surface area contributed by atoms with Crippen molar-refractivity contribution in [3.05, 3.63) is 28.8 Å². The summed E-state index contributed by atoms with van der Waals surface area (Å²) in [5.74, 6) is -0.695. The summed E-state index contributed by atoms with van der Waals surface area (Å²) in [6, 6.07) is 3.72. The molecule has 6 nitrogen and oxygen atoms in total. The van der Waals surface area contributed by atoms with Crippen LogP contribution in [0.15, 0.2) is 17.2 Å². The molecule has 0 unspecified atom stereocenters. The smallest absolute Gasteiger partial charge is 0.244 e. The number of hydrogen-bond acceptors (Lipinski definition) is 5. The molecule has 1 atom stereocenters. The predicted octanol–water partition coefficient (Wildman–Crippen LogP) is 2.87. The Morgan fingerprint density at radius 3 is 2.07 bits per heavy atom. The first-order chi connectivity index (χ1) is 12.2. The molecular formula is C20H30N2O4S. The third-order valence-electron chi connectivity index (χ3n) is 4.74. The zero-order valence-electron chi connectivity index (χ0n) is 17.0. The van der Waals surface area contributed by atoms with E-state index in [9.17, 15) is 18.3 Å². The fourth-order valence-electron chi connectivity index (χ4n) is 3.14. The zero-order chi connectivity index (χ0) is 20.6. The lowest BCUT2D eigenvalue weighted by Gasteiger charge is -2.27. The van der Waals surface area contributed by atoms with Crippen LogP contribution in [-0.2, 0) is 25.5 Å². The molecule has 0 aliphatic carbocycles. The van der Waals surface area contributed by atoms with Crippen LogP contribution in [0.3, 0.4) is 0 Å². The molecule has 0 radical (unpaired) electrons. The van der Waals surface area contributed by atoms with E-state index in [1.165, 1.54) is 6.21 Å². The van der Waals surface area contributed by atoms with Gasteiger partial charge in [-0.05, 0) is 34.9 Å². The fraction of sp³-hybridized carbons (Fsp3) is 0.600. The molecule has 1 heterocycles. The van der Waals surface area contributed by atoms with Crippen molar-refractivity contribution in [2.24, 2.45) is 11.0 Å². The van der Waals surface area contributed by atoms with Crippen LogP contribution in [0, 0.1) is 5.92 Å². The molecule has 0 spiro atoms. The Morgan fingerprint density at radius 1 is 1.15 bits per heavy atom. The molecule has 27 heavy (non-hydrogen) atoms. The third-order valence-corrected chi connectivity index (χ3v) is 6.51. The van der Waals surface area contributed by atoms with Gasteiger partial charge in [-0.1, -0.05) is 41.5 Å². The Balaban J connectivity index is 2.25. The zero-order valence-corrected chi connectivity index (χ0v) is 17.8. The van der Waals surface area contributed by atoms with Crippen LogP contribution in [0.4, 0.5) is 0 Å². The van der Waals surface area contributed by atoms with Gasteiger partial charge in [-0.2, -0.15) is 5.10 Å². The Morgan fingerprint density at radius 2 is 1.67 bits per heavy atom. The number of carbonyl (C=O) groups excluding carboxylic acids is 1. The third kappa shape index (κ3) is 5.31. The van der Waals surface area contributed by atoms with E-state index in [1.54, 1.807) is 0 Å². The van der Waals surface area contributed by atoms with Crippen molar-refractivity contribution < 1.29 is 18.3 Å². The van der Waals surface area contributed by atoms with E-state index in [4.69, 9.17) is 0 Å². The molecule has 7 heteroatoms. The maximum absolute atomic E-state index is 12.1. The molecule has 1 aromatic rings. The summed E-state index contributed by atoms with van der Waals surface area (Å²) in [4.78, 5) is 12.1. The minimum absolute atomic E-state index is 0.0522. The van der Waals surface area contributed by atoms with E-state index in [0.717, 1.165) is 16.7 Å². The molecule has 0 bridgehead atoms. The van der Waals surface area contributed by atoms with E-state index < -0.39 is 15.8 Å². The molecular weight excluding hydrogens is 364 g/mol. The van der Waals surface area contributed by atoms with Gasteiger partial charge in [0.2, 0.25) is 5.91 Å². The van der Waals surface area contributed by atoms with Crippen molar-refractivity contribution in [3.63, 3.8) is 0 Å². The summed E-state index contributed by atoms with van der Waals surface area (Å²) in [6.45, 7) is 12.2. The molecule has 1 amide bonds. The van der Waals surface area contributed by atoms with Gasteiger partial charge in [-0.3, -0.25) is 4.79 Å². The van der Waals surface area contributed by atoms with Gasteiger partial charge < -0.3 is 5.11 Å². The van der Waals surface area contributed by atoms with Crippen molar-refractivity contribution in [2.45, 2.75) is 58.8 Å². The first kappa shape index (κ1) is 21.4. The molecule has 2 rings (SSSR count). The number of hydrazone groups is 1. The van der Waals surface area contributed by atoms with Gasteiger partial charge in [0.15, 0.2) is 9.84 Å². The normalized spacial score (nSPS) is 20.1. The van der Waals surface area contributed by atoms with Gasteiger partial charge in [-0.15, -0.1) is 0 Å². The highest BCUT2D eigenvalue weighted by molar-refractivity contribution is 7.91. The largest absolute Gasteiger partial charge is 0.507 e. The highest BCUT2D eigenvalue weighted by atomic mass is 32.2. The van der Waals surface area contributed by atoms with Crippen LogP contribution in [0.5, 0.6) is 5.75 Å². The van der Waals surface area contributed by atoms with Crippen LogP contribution >= 0.6 is 0 Å². The highest BCUT2D eigenvalue weighted by Crippen LogP contribution is 2.39. The first-order valence-electron chi connectivity index (χ1n) is 9.12. The van der Waals surface area contributed by atoms with Crippen LogP contribution in [-0.4, -0.2) is 37.2 Å². The fourth-order valence-corrected chi connectivity index (χ4v) is 4.88. The minimum Gasteiger partial charge on any atom is -0.507 e. The number of aromatic hydroxyl groups is 1. The predicted molar refractivity (Wildman–Crippen MR) is 108 cm³/mol. The van der Waals surface area contributed by atoms with Gasteiger partial charge in [0, 0.05) is 11.1 Å². The number of phenols is 1. The van der Waals surface area contributed by atoms with E-state index in [2.05, 4.69) is 10.5 Å². The van der Waals surface area contributed by atoms with Crippen LogP contribution in [0.1, 0.15) is 64.7 Å². The molecule has 0 saturated carbocycles. The van der Waals surface area contributed by atoms with Crippen LogP contribution in [0.2, 0.25) is 0 Å². The maximum atomic E-state index is 12.1. The second-order valence-electron chi connectivity index (χ2n) is 9.30. The number of nitrogens with zero attached hydrogens (tertiary/aromatic N) is 1. The topological polar surface area (TPSA) is 95.8 Å². The van der Waals surface area contributed by atoms with Gasteiger partial charge in [-0.25, -0.2) is 13.8 Å². The number of nitrogens with one attached hydrogen (secondary N) is 1. The molecule has 1 aliphatic heterocycles.